The smallest absolute Gasteiger partial charge is 0.312 e. The van der Waals surface area contributed by atoms with Gasteiger partial charge in [0.05, 0.1) is 16.8 Å². The first-order valence-electron chi connectivity index (χ1n) is 10.6. The van der Waals surface area contributed by atoms with Gasteiger partial charge in [0.15, 0.2) is 0 Å². The Labute approximate surface area is 186 Å². The van der Waals surface area contributed by atoms with Gasteiger partial charge in [-0.25, -0.2) is 4.79 Å². The minimum Gasteiger partial charge on any atom is -0.312 e. The van der Waals surface area contributed by atoms with E-state index < -0.39 is 0 Å². The molecule has 0 bridgehead atoms. The third-order valence-corrected chi connectivity index (χ3v) is 7.92. The second kappa shape index (κ2) is 8.09. The van der Waals surface area contributed by atoms with Crippen molar-refractivity contribution in [2.45, 2.75) is 45.1 Å². The molecule has 154 valence electrons. The minimum atomic E-state index is -0.0911. The zero-order chi connectivity index (χ0) is 20.7. The van der Waals surface area contributed by atoms with E-state index >= 15 is 0 Å². The molecule has 1 aliphatic carbocycles. The van der Waals surface area contributed by atoms with Gasteiger partial charge >= 0.3 is 6.03 Å². The molecule has 0 saturated carbocycles. The molecule has 30 heavy (non-hydrogen) atoms. The highest BCUT2D eigenvalue weighted by Crippen LogP contribution is 2.45. The molecule has 2 aliphatic rings. The van der Waals surface area contributed by atoms with Crippen LogP contribution in [0, 0.1) is 6.92 Å². The lowest BCUT2D eigenvalue weighted by molar-refractivity contribution is 0.195. The van der Waals surface area contributed by atoms with Gasteiger partial charge in [-0.1, -0.05) is 48.0 Å². The van der Waals surface area contributed by atoms with E-state index in [4.69, 9.17) is 11.6 Å². The average Bonchev–Trinajstić information content (AvgIpc) is 3.14. The molecule has 1 aromatic heterocycles. The first-order chi connectivity index (χ1) is 14.6. The summed E-state index contributed by atoms with van der Waals surface area (Å²) in [7, 11) is 0. The lowest BCUT2D eigenvalue weighted by Crippen LogP contribution is -2.42. The van der Waals surface area contributed by atoms with Crippen molar-refractivity contribution < 1.29 is 4.79 Å². The normalized spacial score (nSPS) is 17.9. The number of urea groups is 1. The van der Waals surface area contributed by atoms with Gasteiger partial charge in [-0.15, -0.1) is 11.3 Å². The molecule has 5 rings (SSSR count). The van der Waals surface area contributed by atoms with Crippen LogP contribution in [0.5, 0.6) is 0 Å². The number of hydrogen-bond donors (Lipinski definition) is 1. The number of hydrogen-bond acceptors (Lipinski definition) is 2. The summed E-state index contributed by atoms with van der Waals surface area (Å²) in [5.74, 6) is 0. The lowest BCUT2D eigenvalue weighted by atomic mass is 9.88. The number of amides is 2. The maximum absolute atomic E-state index is 13.4. The van der Waals surface area contributed by atoms with Gasteiger partial charge in [0.2, 0.25) is 0 Å². The summed E-state index contributed by atoms with van der Waals surface area (Å²) in [5.41, 5.74) is 5.98. The van der Waals surface area contributed by atoms with Gasteiger partial charge in [-0.05, 0) is 73.4 Å². The molecule has 0 saturated heterocycles. The number of fused-ring (bicyclic) bond motifs is 3. The van der Waals surface area contributed by atoms with E-state index in [1.807, 2.05) is 47.4 Å². The molecule has 2 amide bonds. The Hall–Kier alpha value is -2.30. The number of rotatable bonds is 2. The van der Waals surface area contributed by atoms with Gasteiger partial charge < -0.3 is 10.2 Å². The number of thiophene rings is 1. The molecule has 1 atom stereocenters. The number of carbonyl (C=O) groups excluding carboxylic acids is 1. The van der Waals surface area contributed by atoms with Crippen molar-refractivity contribution in [3.63, 3.8) is 0 Å². The van der Waals surface area contributed by atoms with Crippen LogP contribution in [0.3, 0.4) is 0 Å². The highest BCUT2D eigenvalue weighted by Gasteiger charge is 2.36. The summed E-state index contributed by atoms with van der Waals surface area (Å²) in [6, 6.07) is 16.0. The number of anilines is 1. The van der Waals surface area contributed by atoms with Crippen molar-refractivity contribution in [1.29, 1.82) is 0 Å². The third-order valence-electron chi connectivity index (χ3n) is 6.22. The largest absolute Gasteiger partial charge is 0.322 e. The van der Waals surface area contributed by atoms with Crippen LogP contribution >= 0.6 is 22.9 Å². The number of aryl methyl sites for hydroxylation is 2. The Morgan fingerprint density at radius 2 is 1.87 bits per heavy atom. The van der Waals surface area contributed by atoms with Crippen LogP contribution in [0.15, 0.2) is 48.5 Å². The number of benzene rings is 2. The van der Waals surface area contributed by atoms with Crippen molar-refractivity contribution in [3.8, 4) is 0 Å². The Balaban J connectivity index is 1.53. The predicted molar refractivity (Wildman–Crippen MR) is 125 cm³/mol. The lowest BCUT2D eigenvalue weighted by Gasteiger charge is -2.36. The van der Waals surface area contributed by atoms with Crippen LogP contribution in [0.2, 0.25) is 5.02 Å². The average molecular weight is 437 g/mol. The molecule has 1 N–H and O–H groups in total. The maximum atomic E-state index is 13.4. The van der Waals surface area contributed by atoms with Crippen molar-refractivity contribution in [2.75, 3.05) is 11.9 Å². The summed E-state index contributed by atoms with van der Waals surface area (Å²) in [4.78, 5) is 18.3. The van der Waals surface area contributed by atoms with Crippen molar-refractivity contribution in [2.24, 2.45) is 0 Å². The van der Waals surface area contributed by atoms with Gasteiger partial charge in [0, 0.05) is 16.3 Å². The maximum Gasteiger partial charge on any atom is 0.322 e. The van der Waals surface area contributed by atoms with Crippen LogP contribution in [0.1, 0.15) is 50.9 Å². The number of carbonyl (C=O) groups is 1. The first-order valence-corrected chi connectivity index (χ1v) is 11.8. The fraction of sp³-hybridized carbons (Fsp3) is 0.320. The molecule has 3 aromatic rings. The quantitative estimate of drug-likeness (QED) is 0.472. The zero-order valence-electron chi connectivity index (χ0n) is 17.1. The molecule has 2 aromatic carbocycles. The summed E-state index contributed by atoms with van der Waals surface area (Å²) < 4.78 is 0. The summed E-state index contributed by atoms with van der Waals surface area (Å²) in [5, 5.41) is 3.63. The highest BCUT2D eigenvalue weighted by atomic mass is 35.5. The van der Waals surface area contributed by atoms with Gasteiger partial charge in [-0.3, -0.25) is 0 Å². The van der Waals surface area contributed by atoms with E-state index in [1.165, 1.54) is 46.6 Å². The van der Waals surface area contributed by atoms with Gasteiger partial charge in [0.1, 0.15) is 0 Å². The number of halogens is 1. The first kappa shape index (κ1) is 19.7. The SMILES string of the molecule is Cc1ccc(NC(=O)N2CCc3c(sc4c3CCCC4)C2c2ccccc2)c(Cl)c1. The molecule has 5 heteroatoms. The highest BCUT2D eigenvalue weighted by molar-refractivity contribution is 7.12. The molecular formula is C25H25ClN2OS. The standard InChI is InChI=1S/C25H25ClN2OS/c1-16-11-12-21(20(26)15-16)27-25(29)28-14-13-19-18-9-5-6-10-22(18)30-24(19)23(28)17-7-3-2-4-8-17/h2-4,7-8,11-12,15,23H,5-6,9-10,13-14H2,1H3,(H,27,29). The molecule has 1 aliphatic heterocycles. The topological polar surface area (TPSA) is 32.3 Å². The van der Waals surface area contributed by atoms with Crippen molar-refractivity contribution in [3.05, 3.63) is 85.6 Å². The van der Waals surface area contributed by atoms with Gasteiger partial charge in [-0.2, -0.15) is 0 Å². The Morgan fingerprint density at radius 1 is 1.07 bits per heavy atom. The molecular weight excluding hydrogens is 412 g/mol. The monoisotopic (exact) mass is 436 g/mol. The molecule has 1 unspecified atom stereocenters. The van der Waals surface area contributed by atoms with Crippen LogP contribution in [-0.4, -0.2) is 17.5 Å². The predicted octanol–water partition coefficient (Wildman–Crippen LogP) is 6.77. The minimum absolute atomic E-state index is 0.0465. The Morgan fingerprint density at radius 3 is 2.67 bits per heavy atom. The second-order valence-corrected chi connectivity index (χ2v) is 9.77. The van der Waals surface area contributed by atoms with E-state index in [0.717, 1.165) is 12.0 Å². The second-order valence-electron chi connectivity index (χ2n) is 8.22. The van der Waals surface area contributed by atoms with Crippen LogP contribution < -0.4 is 5.32 Å². The molecule has 0 radical (unpaired) electrons. The van der Waals surface area contributed by atoms with E-state index in [0.29, 0.717) is 17.3 Å². The van der Waals surface area contributed by atoms with E-state index in [2.05, 4.69) is 29.6 Å². The third kappa shape index (κ3) is 3.52. The van der Waals surface area contributed by atoms with Crippen LogP contribution in [0.25, 0.3) is 0 Å². The van der Waals surface area contributed by atoms with Crippen LogP contribution in [0.4, 0.5) is 10.5 Å². The van der Waals surface area contributed by atoms with Gasteiger partial charge in [0.25, 0.3) is 0 Å². The molecule has 0 spiro atoms. The molecule has 3 nitrogen and oxygen atoms in total. The molecule has 0 fully saturated rings. The van der Waals surface area contributed by atoms with E-state index in [-0.39, 0.29) is 12.1 Å². The summed E-state index contributed by atoms with van der Waals surface area (Å²) in [6.45, 7) is 2.71. The Bertz CT molecular complexity index is 1090. The van der Waals surface area contributed by atoms with Crippen LogP contribution in [-0.2, 0) is 19.3 Å². The van der Waals surface area contributed by atoms with Crippen molar-refractivity contribution >= 4 is 34.7 Å². The number of nitrogens with zero attached hydrogens (tertiary/aromatic N) is 1. The fourth-order valence-corrected chi connectivity index (χ4v) is 6.61. The summed E-state index contributed by atoms with van der Waals surface area (Å²) >= 11 is 8.31. The molecule has 2 heterocycles. The summed E-state index contributed by atoms with van der Waals surface area (Å²) in [6.07, 6.45) is 5.86. The zero-order valence-corrected chi connectivity index (χ0v) is 18.7. The Kier molecular flexibility index (Phi) is 5.30. The van der Waals surface area contributed by atoms with E-state index in [9.17, 15) is 4.79 Å². The number of nitrogens with one attached hydrogen (secondary N) is 1. The fourth-order valence-electron chi connectivity index (χ4n) is 4.74. The van der Waals surface area contributed by atoms with E-state index in [1.54, 1.807) is 5.56 Å². The van der Waals surface area contributed by atoms with Crippen molar-refractivity contribution in [1.82, 2.24) is 4.90 Å².